The molecule has 0 bridgehead atoms. The van der Waals surface area contributed by atoms with Gasteiger partial charge in [0.05, 0.1) is 6.42 Å². The second kappa shape index (κ2) is 8.42. The molecule has 0 radical (unpaired) electrons. The molecule has 130 valence electrons. The van der Waals surface area contributed by atoms with Gasteiger partial charge in [0.2, 0.25) is 11.7 Å². The molecule has 25 heavy (non-hydrogen) atoms. The highest BCUT2D eigenvalue weighted by Gasteiger charge is 2.15. The summed E-state index contributed by atoms with van der Waals surface area (Å²) in [5.74, 6) is 0.247. The zero-order valence-corrected chi connectivity index (χ0v) is 14.2. The van der Waals surface area contributed by atoms with Gasteiger partial charge < -0.3 is 10.3 Å². The number of amides is 1. The minimum absolute atomic E-state index is 0.0863. The molecule has 1 fully saturated rings. The maximum absolute atomic E-state index is 12.1. The number of allylic oxidation sites excluding steroid dienone is 1. The van der Waals surface area contributed by atoms with Gasteiger partial charge in [0.1, 0.15) is 0 Å². The van der Waals surface area contributed by atoms with Gasteiger partial charge in [0.25, 0.3) is 0 Å². The Balaban J connectivity index is 1.51. The Labute approximate surface area is 147 Å². The molecular formula is C20H23N3O2. The number of aromatic amines is 1. The summed E-state index contributed by atoms with van der Waals surface area (Å²) in [4.78, 5) is 30.7. The Morgan fingerprint density at radius 2 is 1.92 bits per heavy atom. The normalized spacial score (nSPS) is 15.4. The number of aromatic nitrogens is 2. The van der Waals surface area contributed by atoms with Crippen molar-refractivity contribution in [2.45, 2.75) is 44.6 Å². The number of carbonyl (C=O) groups is 2. The number of hydrogen-bond acceptors (Lipinski definition) is 3. The number of nitrogens with zero attached hydrogens (tertiary/aromatic N) is 1. The minimum Gasteiger partial charge on any atom is -0.353 e. The first-order valence-corrected chi connectivity index (χ1v) is 8.81. The summed E-state index contributed by atoms with van der Waals surface area (Å²) < 4.78 is 0. The van der Waals surface area contributed by atoms with E-state index in [4.69, 9.17) is 0 Å². The standard InChI is InChI=1S/C20H23N3O2/c24-18(20-21-12-13-22-20)11-10-15-6-8-16(9-7-15)14-19(25)23-17-4-2-1-3-5-17/h6-13,17H,1-5,14H2,(H,21,22)(H,23,25)/b11-10+. The van der Waals surface area contributed by atoms with Gasteiger partial charge in [-0.15, -0.1) is 0 Å². The molecule has 5 heteroatoms. The van der Waals surface area contributed by atoms with Crippen LogP contribution in [0, 0.1) is 0 Å². The number of hydrogen-bond donors (Lipinski definition) is 2. The lowest BCUT2D eigenvalue weighted by atomic mass is 9.95. The molecule has 0 unspecified atom stereocenters. The smallest absolute Gasteiger partial charge is 0.224 e. The van der Waals surface area contributed by atoms with Crippen LogP contribution >= 0.6 is 0 Å². The molecule has 0 atom stereocenters. The molecule has 2 N–H and O–H groups in total. The van der Waals surface area contributed by atoms with Crippen molar-refractivity contribution in [2.75, 3.05) is 0 Å². The molecular weight excluding hydrogens is 314 g/mol. The highest BCUT2D eigenvalue weighted by Crippen LogP contribution is 2.17. The molecule has 2 aromatic rings. The van der Waals surface area contributed by atoms with Crippen molar-refractivity contribution >= 4 is 17.8 Å². The summed E-state index contributed by atoms with van der Waals surface area (Å²) in [7, 11) is 0. The maximum atomic E-state index is 12.1. The van der Waals surface area contributed by atoms with Crippen LogP contribution in [-0.2, 0) is 11.2 Å². The fraction of sp³-hybridized carbons (Fsp3) is 0.350. The molecule has 1 aromatic carbocycles. The predicted molar refractivity (Wildman–Crippen MR) is 97.1 cm³/mol. The molecule has 1 saturated carbocycles. The quantitative estimate of drug-likeness (QED) is 0.627. The van der Waals surface area contributed by atoms with Crippen LogP contribution in [-0.4, -0.2) is 27.7 Å². The Morgan fingerprint density at radius 1 is 1.16 bits per heavy atom. The topological polar surface area (TPSA) is 74.8 Å². The lowest BCUT2D eigenvalue weighted by Crippen LogP contribution is -2.37. The molecule has 3 rings (SSSR count). The third kappa shape index (κ3) is 5.14. The van der Waals surface area contributed by atoms with Crippen molar-refractivity contribution in [3.05, 3.63) is 59.7 Å². The third-order valence-electron chi connectivity index (χ3n) is 4.47. The summed E-state index contributed by atoms with van der Waals surface area (Å²) in [6, 6.07) is 8.02. The van der Waals surface area contributed by atoms with Crippen LogP contribution in [0.3, 0.4) is 0 Å². The van der Waals surface area contributed by atoms with Gasteiger partial charge in [-0.05, 0) is 30.0 Å². The van der Waals surface area contributed by atoms with Gasteiger partial charge in [-0.3, -0.25) is 9.59 Å². The molecule has 1 aliphatic carbocycles. The van der Waals surface area contributed by atoms with E-state index in [0.717, 1.165) is 24.0 Å². The highest BCUT2D eigenvalue weighted by molar-refractivity contribution is 6.04. The van der Waals surface area contributed by atoms with Gasteiger partial charge in [0.15, 0.2) is 5.82 Å². The van der Waals surface area contributed by atoms with Gasteiger partial charge >= 0.3 is 0 Å². The predicted octanol–water partition coefficient (Wildman–Crippen LogP) is 3.30. The van der Waals surface area contributed by atoms with E-state index in [1.165, 1.54) is 25.3 Å². The summed E-state index contributed by atoms with van der Waals surface area (Å²) in [6.07, 6.45) is 12.7. The first-order valence-electron chi connectivity index (χ1n) is 8.81. The fourth-order valence-corrected chi connectivity index (χ4v) is 3.11. The number of rotatable bonds is 6. The average molecular weight is 337 g/mol. The lowest BCUT2D eigenvalue weighted by molar-refractivity contribution is -0.121. The number of imidazole rings is 1. The van der Waals surface area contributed by atoms with Crippen LogP contribution in [0.5, 0.6) is 0 Å². The zero-order chi connectivity index (χ0) is 17.5. The number of ketones is 1. The van der Waals surface area contributed by atoms with Crippen LogP contribution in [0.2, 0.25) is 0 Å². The second-order valence-electron chi connectivity index (χ2n) is 6.46. The van der Waals surface area contributed by atoms with Crippen molar-refractivity contribution in [1.82, 2.24) is 15.3 Å². The van der Waals surface area contributed by atoms with Crippen LogP contribution < -0.4 is 5.32 Å². The lowest BCUT2D eigenvalue weighted by Gasteiger charge is -2.22. The molecule has 1 amide bonds. The van der Waals surface area contributed by atoms with Crippen molar-refractivity contribution in [1.29, 1.82) is 0 Å². The Kier molecular flexibility index (Phi) is 5.77. The van der Waals surface area contributed by atoms with E-state index in [0.29, 0.717) is 18.3 Å². The summed E-state index contributed by atoms with van der Waals surface area (Å²) in [5, 5.41) is 3.13. The minimum atomic E-state index is -0.166. The van der Waals surface area contributed by atoms with Gasteiger partial charge in [0, 0.05) is 18.4 Å². The number of benzene rings is 1. The van der Waals surface area contributed by atoms with Crippen LogP contribution in [0.25, 0.3) is 6.08 Å². The Hall–Kier alpha value is -2.69. The number of H-pyrrole nitrogens is 1. The van der Waals surface area contributed by atoms with E-state index in [-0.39, 0.29) is 11.7 Å². The molecule has 1 aromatic heterocycles. The SMILES string of the molecule is O=C(Cc1ccc(/C=C/C(=O)c2ncc[nH]2)cc1)NC1CCCCC1. The first-order chi connectivity index (χ1) is 12.2. The van der Waals surface area contributed by atoms with Crippen molar-refractivity contribution in [2.24, 2.45) is 0 Å². The van der Waals surface area contributed by atoms with Crippen molar-refractivity contribution in [3.63, 3.8) is 0 Å². The van der Waals surface area contributed by atoms with E-state index in [9.17, 15) is 9.59 Å². The Bertz CT molecular complexity index is 727. The maximum Gasteiger partial charge on any atom is 0.224 e. The van der Waals surface area contributed by atoms with E-state index in [1.807, 2.05) is 24.3 Å². The fourth-order valence-electron chi connectivity index (χ4n) is 3.11. The molecule has 0 saturated heterocycles. The van der Waals surface area contributed by atoms with Crippen molar-refractivity contribution in [3.8, 4) is 0 Å². The van der Waals surface area contributed by atoms with Crippen LogP contribution in [0.15, 0.2) is 42.7 Å². The summed E-state index contributed by atoms with van der Waals surface area (Å²) in [5.41, 5.74) is 1.89. The largest absolute Gasteiger partial charge is 0.353 e. The molecule has 1 aliphatic rings. The van der Waals surface area contributed by atoms with Crippen LogP contribution in [0.1, 0.15) is 53.8 Å². The molecule has 5 nitrogen and oxygen atoms in total. The molecule has 0 spiro atoms. The van der Waals surface area contributed by atoms with Crippen molar-refractivity contribution < 1.29 is 9.59 Å². The number of carbonyl (C=O) groups excluding carboxylic acids is 2. The number of nitrogens with one attached hydrogen (secondary N) is 2. The van der Waals surface area contributed by atoms with Gasteiger partial charge in [-0.25, -0.2) is 4.98 Å². The average Bonchev–Trinajstić information content (AvgIpc) is 3.16. The van der Waals surface area contributed by atoms with E-state index < -0.39 is 0 Å². The summed E-state index contributed by atoms with van der Waals surface area (Å²) >= 11 is 0. The zero-order valence-electron chi connectivity index (χ0n) is 14.2. The first kappa shape index (κ1) is 17.1. The highest BCUT2D eigenvalue weighted by atomic mass is 16.1. The second-order valence-corrected chi connectivity index (χ2v) is 6.46. The molecule has 1 heterocycles. The monoisotopic (exact) mass is 337 g/mol. The summed E-state index contributed by atoms with van der Waals surface area (Å²) in [6.45, 7) is 0. The Morgan fingerprint density at radius 3 is 2.60 bits per heavy atom. The van der Waals surface area contributed by atoms with E-state index in [2.05, 4.69) is 15.3 Å². The molecule has 0 aliphatic heterocycles. The van der Waals surface area contributed by atoms with Crippen LogP contribution in [0.4, 0.5) is 0 Å². The third-order valence-corrected chi connectivity index (χ3v) is 4.47. The van der Waals surface area contributed by atoms with Gasteiger partial charge in [-0.2, -0.15) is 0 Å². The van der Waals surface area contributed by atoms with E-state index >= 15 is 0 Å². The van der Waals surface area contributed by atoms with E-state index in [1.54, 1.807) is 18.5 Å². The van der Waals surface area contributed by atoms with Gasteiger partial charge in [-0.1, -0.05) is 49.6 Å².